The molecular formula is C7H13NO5. The molecule has 0 aliphatic heterocycles. The third-order valence-corrected chi connectivity index (χ3v) is 1.42. The maximum Gasteiger partial charge on any atom is 0.417 e. The number of rotatable bonds is 4. The van der Waals surface area contributed by atoms with Crippen LogP contribution in [-0.4, -0.2) is 46.6 Å². The number of ether oxygens (including phenoxy) is 1. The summed E-state index contributed by atoms with van der Waals surface area (Å²) < 4.78 is 4.91. The highest BCUT2D eigenvalue weighted by Gasteiger charge is 2.25. The Kier molecular flexibility index (Phi) is 4.83. The lowest BCUT2D eigenvalue weighted by molar-refractivity contribution is 0.0657. The van der Waals surface area contributed by atoms with Crippen molar-refractivity contribution in [3.63, 3.8) is 0 Å². The summed E-state index contributed by atoms with van der Waals surface area (Å²) in [5.41, 5.74) is 0. The maximum atomic E-state index is 10.4. The average molecular weight is 191 g/mol. The van der Waals surface area contributed by atoms with E-state index in [4.69, 9.17) is 14.9 Å². The van der Waals surface area contributed by atoms with Crippen LogP contribution in [0.4, 0.5) is 9.59 Å². The van der Waals surface area contributed by atoms with Crippen molar-refractivity contribution in [2.75, 3.05) is 13.2 Å². The SMILES string of the molecule is CCOCC(C)N(C(=O)O)C(=O)O. The molecule has 76 valence electrons. The standard InChI is InChI=1S/C7H13NO5/c1-3-13-4-5(2)8(6(9)10)7(11)12/h5H,3-4H2,1-2H3,(H,9,10)(H,11,12). The molecule has 0 aromatic rings. The normalized spacial score (nSPS) is 12.2. The van der Waals surface area contributed by atoms with Crippen LogP contribution < -0.4 is 0 Å². The zero-order chi connectivity index (χ0) is 10.4. The topological polar surface area (TPSA) is 87.1 Å². The van der Waals surface area contributed by atoms with E-state index in [1.165, 1.54) is 6.92 Å². The number of imide groups is 1. The molecular weight excluding hydrogens is 178 g/mol. The Hall–Kier alpha value is -1.30. The van der Waals surface area contributed by atoms with E-state index >= 15 is 0 Å². The molecule has 2 amide bonds. The number of hydrogen-bond acceptors (Lipinski definition) is 3. The summed E-state index contributed by atoms with van der Waals surface area (Å²) in [4.78, 5) is 21.2. The van der Waals surface area contributed by atoms with Gasteiger partial charge in [0.05, 0.1) is 12.6 Å². The molecule has 6 nitrogen and oxygen atoms in total. The lowest BCUT2D eigenvalue weighted by Crippen LogP contribution is -2.43. The van der Waals surface area contributed by atoms with Crippen molar-refractivity contribution in [1.29, 1.82) is 0 Å². The van der Waals surface area contributed by atoms with Gasteiger partial charge in [-0.25, -0.2) is 14.5 Å². The van der Waals surface area contributed by atoms with Crippen molar-refractivity contribution in [2.24, 2.45) is 0 Å². The zero-order valence-electron chi connectivity index (χ0n) is 7.56. The van der Waals surface area contributed by atoms with E-state index in [9.17, 15) is 9.59 Å². The van der Waals surface area contributed by atoms with Gasteiger partial charge in [0.15, 0.2) is 0 Å². The Morgan fingerprint density at radius 1 is 1.38 bits per heavy atom. The molecule has 0 aliphatic rings. The molecule has 0 heterocycles. The van der Waals surface area contributed by atoms with Crippen LogP contribution in [0.2, 0.25) is 0 Å². The first kappa shape index (κ1) is 11.7. The molecule has 13 heavy (non-hydrogen) atoms. The van der Waals surface area contributed by atoms with Crippen molar-refractivity contribution < 1.29 is 24.5 Å². The van der Waals surface area contributed by atoms with Gasteiger partial charge in [0, 0.05) is 6.61 Å². The molecule has 0 aromatic carbocycles. The number of amides is 2. The molecule has 1 atom stereocenters. The number of carboxylic acid groups (broad SMARTS) is 2. The third kappa shape index (κ3) is 3.75. The van der Waals surface area contributed by atoms with Crippen LogP contribution in [0.5, 0.6) is 0 Å². The summed E-state index contributed by atoms with van der Waals surface area (Å²) in [6.45, 7) is 3.73. The fourth-order valence-corrected chi connectivity index (χ4v) is 0.822. The fourth-order valence-electron chi connectivity index (χ4n) is 0.822. The third-order valence-electron chi connectivity index (χ3n) is 1.42. The van der Waals surface area contributed by atoms with Crippen LogP contribution in [0.15, 0.2) is 0 Å². The highest BCUT2D eigenvalue weighted by Crippen LogP contribution is 2.01. The van der Waals surface area contributed by atoms with Crippen molar-refractivity contribution in [2.45, 2.75) is 19.9 Å². The van der Waals surface area contributed by atoms with Gasteiger partial charge in [-0.05, 0) is 13.8 Å². The van der Waals surface area contributed by atoms with Gasteiger partial charge in [-0.3, -0.25) is 0 Å². The van der Waals surface area contributed by atoms with E-state index in [1.54, 1.807) is 6.92 Å². The van der Waals surface area contributed by atoms with Crippen LogP contribution in [0.3, 0.4) is 0 Å². The second kappa shape index (κ2) is 5.36. The molecule has 0 radical (unpaired) electrons. The molecule has 6 heteroatoms. The quantitative estimate of drug-likeness (QED) is 0.694. The maximum absolute atomic E-state index is 10.4. The molecule has 2 N–H and O–H groups in total. The van der Waals surface area contributed by atoms with Crippen molar-refractivity contribution in [3.8, 4) is 0 Å². The first-order valence-electron chi connectivity index (χ1n) is 3.83. The van der Waals surface area contributed by atoms with E-state index < -0.39 is 18.2 Å². The fraction of sp³-hybridized carbons (Fsp3) is 0.714. The molecule has 1 unspecified atom stereocenters. The Morgan fingerprint density at radius 3 is 2.15 bits per heavy atom. The molecule has 0 bridgehead atoms. The van der Waals surface area contributed by atoms with Crippen LogP contribution in [0.1, 0.15) is 13.8 Å². The minimum Gasteiger partial charge on any atom is -0.465 e. The largest absolute Gasteiger partial charge is 0.465 e. The molecule has 0 saturated carbocycles. The summed E-state index contributed by atoms with van der Waals surface area (Å²) >= 11 is 0. The molecule has 0 fully saturated rings. The predicted molar refractivity (Wildman–Crippen MR) is 43.8 cm³/mol. The Balaban J connectivity index is 4.20. The van der Waals surface area contributed by atoms with E-state index in [-0.39, 0.29) is 6.61 Å². The second-order valence-corrected chi connectivity index (χ2v) is 2.44. The van der Waals surface area contributed by atoms with Gasteiger partial charge in [0.1, 0.15) is 0 Å². The average Bonchev–Trinajstić information content (AvgIpc) is 1.99. The molecule has 0 spiro atoms. The van der Waals surface area contributed by atoms with E-state index in [0.29, 0.717) is 11.5 Å². The summed E-state index contributed by atoms with van der Waals surface area (Å²) in [5, 5.41) is 17.0. The van der Waals surface area contributed by atoms with Gasteiger partial charge in [0.2, 0.25) is 0 Å². The highest BCUT2D eigenvalue weighted by atomic mass is 16.5. The van der Waals surface area contributed by atoms with Crippen molar-refractivity contribution >= 4 is 12.2 Å². The number of carbonyl (C=O) groups is 2. The lowest BCUT2D eigenvalue weighted by Gasteiger charge is -2.20. The van der Waals surface area contributed by atoms with Gasteiger partial charge in [-0.1, -0.05) is 0 Å². The van der Waals surface area contributed by atoms with E-state index in [0.717, 1.165) is 0 Å². The zero-order valence-corrected chi connectivity index (χ0v) is 7.56. The minimum atomic E-state index is -1.49. The first-order chi connectivity index (χ1) is 6.00. The van der Waals surface area contributed by atoms with Gasteiger partial charge in [0.25, 0.3) is 0 Å². The van der Waals surface area contributed by atoms with Crippen LogP contribution in [0, 0.1) is 0 Å². The molecule has 0 saturated heterocycles. The number of nitrogens with zero attached hydrogens (tertiary/aromatic N) is 1. The molecule has 0 aliphatic carbocycles. The van der Waals surface area contributed by atoms with Gasteiger partial charge >= 0.3 is 12.2 Å². The van der Waals surface area contributed by atoms with Gasteiger partial charge in [-0.2, -0.15) is 0 Å². The summed E-state index contributed by atoms with van der Waals surface area (Å²) in [6, 6.07) is -0.685. The summed E-state index contributed by atoms with van der Waals surface area (Å²) in [7, 11) is 0. The van der Waals surface area contributed by atoms with Crippen molar-refractivity contribution in [3.05, 3.63) is 0 Å². The van der Waals surface area contributed by atoms with Crippen LogP contribution in [0.25, 0.3) is 0 Å². The summed E-state index contributed by atoms with van der Waals surface area (Å²) in [5.74, 6) is 0. The second-order valence-electron chi connectivity index (χ2n) is 2.44. The Bertz CT molecular complexity index is 179. The van der Waals surface area contributed by atoms with Crippen LogP contribution in [-0.2, 0) is 4.74 Å². The van der Waals surface area contributed by atoms with E-state index in [1.807, 2.05) is 0 Å². The first-order valence-corrected chi connectivity index (χ1v) is 3.83. The Labute approximate surface area is 75.7 Å². The minimum absolute atomic E-state index is 0.0785. The molecule has 0 rings (SSSR count). The van der Waals surface area contributed by atoms with Gasteiger partial charge < -0.3 is 14.9 Å². The number of hydrogen-bond donors (Lipinski definition) is 2. The van der Waals surface area contributed by atoms with Crippen LogP contribution >= 0.6 is 0 Å². The van der Waals surface area contributed by atoms with E-state index in [2.05, 4.69) is 0 Å². The monoisotopic (exact) mass is 191 g/mol. The summed E-state index contributed by atoms with van der Waals surface area (Å²) in [6.07, 6.45) is -2.97. The highest BCUT2D eigenvalue weighted by molar-refractivity contribution is 5.85. The van der Waals surface area contributed by atoms with Gasteiger partial charge in [-0.15, -0.1) is 0 Å². The van der Waals surface area contributed by atoms with Crippen molar-refractivity contribution in [1.82, 2.24) is 4.90 Å². The predicted octanol–water partition coefficient (Wildman–Crippen LogP) is 1.07. The molecule has 0 aromatic heterocycles. The lowest BCUT2D eigenvalue weighted by atomic mass is 10.3. The smallest absolute Gasteiger partial charge is 0.417 e. The Morgan fingerprint density at radius 2 is 1.85 bits per heavy atom.